The van der Waals surface area contributed by atoms with Crippen LogP contribution in [0.25, 0.3) is 0 Å². The van der Waals surface area contributed by atoms with Gasteiger partial charge in [-0.15, -0.1) is 11.3 Å². The fraction of sp³-hybridized carbons (Fsp3) is 0.286. The van der Waals surface area contributed by atoms with Crippen LogP contribution < -0.4 is 0 Å². The summed E-state index contributed by atoms with van der Waals surface area (Å²) in [6, 6.07) is 4.14. The number of aryl methyl sites for hydroxylation is 1. The standard InChI is InChI=1S/C14H11N3OS2/c15-6-13-9(4-5-19-13)8-20-14-16-7-10-11(17-14)2-1-3-12(10)18/h4-5,7H,1-3,8H2. The van der Waals surface area contributed by atoms with Crippen molar-refractivity contribution in [2.45, 2.75) is 30.2 Å². The lowest BCUT2D eigenvalue weighted by atomic mass is 9.96. The maximum absolute atomic E-state index is 11.7. The molecule has 0 saturated heterocycles. The predicted octanol–water partition coefficient (Wildman–Crippen LogP) is 3.22. The molecule has 20 heavy (non-hydrogen) atoms. The molecule has 3 rings (SSSR count). The van der Waals surface area contributed by atoms with E-state index >= 15 is 0 Å². The highest BCUT2D eigenvalue weighted by Gasteiger charge is 2.19. The van der Waals surface area contributed by atoms with Crippen molar-refractivity contribution < 1.29 is 4.79 Å². The van der Waals surface area contributed by atoms with Gasteiger partial charge in [0, 0.05) is 18.4 Å². The topological polar surface area (TPSA) is 66.6 Å². The summed E-state index contributed by atoms with van der Waals surface area (Å²) < 4.78 is 0. The van der Waals surface area contributed by atoms with Crippen molar-refractivity contribution in [1.29, 1.82) is 5.26 Å². The van der Waals surface area contributed by atoms with Gasteiger partial charge in [0.1, 0.15) is 10.9 Å². The Kier molecular flexibility index (Phi) is 3.81. The van der Waals surface area contributed by atoms with E-state index in [1.165, 1.54) is 23.1 Å². The minimum atomic E-state index is 0.146. The van der Waals surface area contributed by atoms with Crippen LogP contribution in [0.4, 0.5) is 0 Å². The van der Waals surface area contributed by atoms with E-state index in [2.05, 4.69) is 16.0 Å². The Morgan fingerprint density at radius 1 is 1.45 bits per heavy atom. The van der Waals surface area contributed by atoms with Gasteiger partial charge in [0.05, 0.1) is 11.3 Å². The molecule has 1 aliphatic carbocycles. The molecular weight excluding hydrogens is 290 g/mol. The molecule has 1 aliphatic rings. The average Bonchev–Trinajstić information content (AvgIpc) is 2.92. The highest BCUT2D eigenvalue weighted by molar-refractivity contribution is 7.98. The minimum Gasteiger partial charge on any atom is -0.294 e. The fourth-order valence-corrected chi connectivity index (χ4v) is 3.76. The maximum Gasteiger partial charge on any atom is 0.188 e. The number of hydrogen-bond acceptors (Lipinski definition) is 6. The van der Waals surface area contributed by atoms with E-state index in [0.717, 1.165) is 29.0 Å². The molecule has 0 bridgehead atoms. The Morgan fingerprint density at radius 3 is 3.20 bits per heavy atom. The lowest BCUT2D eigenvalue weighted by Crippen LogP contribution is -2.13. The summed E-state index contributed by atoms with van der Waals surface area (Å²) in [6.45, 7) is 0. The third-order valence-electron chi connectivity index (χ3n) is 3.17. The van der Waals surface area contributed by atoms with Crippen LogP contribution in [0.1, 0.15) is 39.3 Å². The van der Waals surface area contributed by atoms with Gasteiger partial charge >= 0.3 is 0 Å². The largest absolute Gasteiger partial charge is 0.294 e. The van der Waals surface area contributed by atoms with E-state index in [1.807, 2.05) is 11.4 Å². The van der Waals surface area contributed by atoms with E-state index in [9.17, 15) is 4.79 Å². The second-order valence-electron chi connectivity index (χ2n) is 4.47. The fourth-order valence-electron chi connectivity index (χ4n) is 2.13. The third kappa shape index (κ3) is 2.60. The van der Waals surface area contributed by atoms with Gasteiger partial charge in [-0.05, 0) is 29.9 Å². The van der Waals surface area contributed by atoms with Crippen LogP contribution in [0, 0.1) is 11.3 Å². The Balaban J connectivity index is 1.76. The maximum atomic E-state index is 11.7. The Hall–Kier alpha value is -1.71. The molecule has 0 fully saturated rings. The minimum absolute atomic E-state index is 0.146. The van der Waals surface area contributed by atoms with Crippen molar-refractivity contribution in [3.05, 3.63) is 39.3 Å². The van der Waals surface area contributed by atoms with Gasteiger partial charge in [0.15, 0.2) is 10.9 Å². The van der Waals surface area contributed by atoms with Crippen molar-refractivity contribution in [2.24, 2.45) is 0 Å². The third-order valence-corrected chi connectivity index (χ3v) is 4.94. The number of fused-ring (bicyclic) bond motifs is 1. The smallest absolute Gasteiger partial charge is 0.188 e. The number of nitrogens with zero attached hydrogens (tertiary/aromatic N) is 3. The van der Waals surface area contributed by atoms with Crippen molar-refractivity contribution in [3.8, 4) is 6.07 Å². The number of hydrogen-bond donors (Lipinski definition) is 0. The van der Waals surface area contributed by atoms with E-state index < -0.39 is 0 Å². The first kappa shape index (κ1) is 13.3. The first-order valence-corrected chi connectivity index (χ1v) is 8.13. The molecule has 2 heterocycles. The van der Waals surface area contributed by atoms with Crippen LogP contribution in [-0.2, 0) is 12.2 Å². The zero-order chi connectivity index (χ0) is 13.9. The molecule has 0 spiro atoms. The summed E-state index contributed by atoms with van der Waals surface area (Å²) >= 11 is 2.95. The Labute approximate surface area is 124 Å². The highest BCUT2D eigenvalue weighted by Crippen LogP contribution is 2.26. The number of nitriles is 1. The van der Waals surface area contributed by atoms with Crippen molar-refractivity contribution in [3.63, 3.8) is 0 Å². The molecule has 0 aromatic carbocycles. The number of thiophene rings is 1. The van der Waals surface area contributed by atoms with Crippen LogP contribution >= 0.6 is 23.1 Å². The molecule has 0 unspecified atom stereocenters. The van der Waals surface area contributed by atoms with Gasteiger partial charge in [-0.25, -0.2) is 9.97 Å². The molecule has 4 nitrogen and oxygen atoms in total. The number of rotatable bonds is 3. The SMILES string of the molecule is N#Cc1sccc1CSc1ncc2c(n1)CCCC2=O. The Bertz CT molecular complexity index is 703. The second kappa shape index (κ2) is 5.73. The van der Waals surface area contributed by atoms with E-state index in [4.69, 9.17) is 5.26 Å². The molecule has 6 heteroatoms. The quantitative estimate of drug-likeness (QED) is 0.643. The zero-order valence-corrected chi connectivity index (χ0v) is 12.3. The second-order valence-corrected chi connectivity index (χ2v) is 6.32. The summed E-state index contributed by atoms with van der Waals surface area (Å²) in [5.41, 5.74) is 2.55. The first-order valence-electron chi connectivity index (χ1n) is 6.26. The van der Waals surface area contributed by atoms with E-state index in [1.54, 1.807) is 6.20 Å². The Morgan fingerprint density at radius 2 is 2.35 bits per heavy atom. The molecule has 0 N–H and O–H groups in total. The highest BCUT2D eigenvalue weighted by atomic mass is 32.2. The number of thioether (sulfide) groups is 1. The summed E-state index contributed by atoms with van der Waals surface area (Å²) in [5.74, 6) is 0.825. The van der Waals surface area contributed by atoms with Gasteiger partial charge in [-0.1, -0.05) is 11.8 Å². The van der Waals surface area contributed by atoms with Gasteiger partial charge in [-0.3, -0.25) is 4.79 Å². The number of carbonyl (C=O) groups excluding carboxylic acids is 1. The summed E-state index contributed by atoms with van der Waals surface area (Å²) in [6.07, 6.45) is 3.96. The van der Waals surface area contributed by atoms with Gasteiger partial charge in [0.2, 0.25) is 0 Å². The molecule has 2 aromatic rings. The van der Waals surface area contributed by atoms with Gasteiger partial charge < -0.3 is 0 Å². The lowest BCUT2D eigenvalue weighted by Gasteiger charge is -2.13. The monoisotopic (exact) mass is 301 g/mol. The van der Waals surface area contributed by atoms with Crippen LogP contribution in [0.2, 0.25) is 0 Å². The molecule has 0 radical (unpaired) electrons. The molecule has 100 valence electrons. The number of carbonyl (C=O) groups is 1. The number of Topliss-reactive ketones (excluding diaryl/α,β-unsaturated/α-hetero) is 1. The van der Waals surface area contributed by atoms with Gasteiger partial charge in [-0.2, -0.15) is 5.26 Å². The number of aromatic nitrogens is 2. The van der Waals surface area contributed by atoms with Crippen LogP contribution in [-0.4, -0.2) is 15.8 Å². The normalized spacial score (nSPS) is 13.8. The van der Waals surface area contributed by atoms with E-state index in [-0.39, 0.29) is 5.78 Å². The summed E-state index contributed by atoms with van der Waals surface area (Å²) in [7, 11) is 0. The van der Waals surface area contributed by atoms with Gasteiger partial charge in [0.25, 0.3) is 0 Å². The summed E-state index contributed by atoms with van der Waals surface area (Å²) in [5, 5.41) is 11.6. The van der Waals surface area contributed by atoms with Crippen LogP contribution in [0.3, 0.4) is 0 Å². The van der Waals surface area contributed by atoms with Crippen molar-refractivity contribution in [1.82, 2.24) is 9.97 Å². The molecule has 0 amide bonds. The summed E-state index contributed by atoms with van der Waals surface area (Å²) in [4.78, 5) is 21.2. The molecule has 0 aliphatic heterocycles. The molecule has 0 atom stereocenters. The van der Waals surface area contributed by atoms with Crippen molar-refractivity contribution in [2.75, 3.05) is 0 Å². The lowest BCUT2D eigenvalue weighted by molar-refractivity contribution is 0.0970. The molecular formula is C14H11N3OS2. The van der Waals surface area contributed by atoms with Crippen molar-refractivity contribution >= 4 is 28.9 Å². The molecule has 2 aromatic heterocycles. The van der Waals surface area contributed by atoms with E-state index in [0.29, 0.717) is 22.9 Å². The average molecular weight is 301 g/mol. The zero-order valence-electron chi connectivity index (χ0n) is 10.6. The van der Waals surface area contributed by atoms with Crippen LogP contribution in [0.5, 0.6) is 0 Å². The van der Waals surface area contributed by atoms with Crippen LogP contribution in [0.15, 0.2) is 22.8 Å². The first-order chi connectivity index (χ1) is 9.78. The molecule has 0 saturated carbocycles. The number of ketones is 1. The predicted molar refractivity (Wildman–Crippen MR) is 77.9 cm³/mol.